The van der Waals surface area contributed by atoms with Gasteiger partial charge in [-0.2, -0.15) is 0 Å². The SMILES string of the molecule is C=C(C)C(=O)C(O)C[N+]1(CC)CCCC1. The molecule has 1 rings (SSSR count). The minimum absolute atomic E-state index is 0.201. The second-order valence-electron chi connectivity index (χ2n) is 4.66. The van der Waals surface area contributed by atoms with Crippen molar-refractivity contribution in [2.75, 3.05) is 26.2 Å². The highest BCUT2D eigenvalue weighted by atomic mass is 16.3. The summed E-state index contributed by atoms with van der Waals surface area (Å²) in [5.74, 6) is -0.201. The molecule has 3 nitrogen and oxygen atoms in total. The van der Waals surface area contributed by atoms with E-state index in [1.807, 2.05) is 0 Å². The predicted molar refractivity (Wildman–Crippen MR) is 60.5 cm³/mol. The van der Waals surface area contributed by atoms with E-state index >= 15 is 0 Å². The van der Waals surface area contributed by atoms with E-state index in [-0.39, 0.29) is 5.78 Å². The van der Waals surface area contributed by atoms with Crippen LogP contribution in [0, 0.1) is 0 Å². The maximum atomic E-state index is 11.5. The van der Waals surface area contributed by atoms with Crippen molar-refractivity contribution >= 4 is 5.78 Å². The van der Waals surface area contributed by atoms with E-state index in [4.69, 9.17) is 0 Å². The number of rotatable bonds is 5. The number of Topliss-reactive ketones (excluding diaryl/α,β-unsaturated/α-hetero) is 1. The van der Waals surface area contributed by atoms with Crippen molar-refractivity contribution in [1.82, 2.24) is 0 Å². The standard InChI is InChI=1S/C12H22NO2/c1-4-13(7-5-6-8-13)9-11(14)12(15)10(2)3/h11,14H,2,4-9H2,1,3H3/q+1. The maximum Gasteiger partial charge on any atom is 0.192 e. The van der Waals surface area contributed by atoms with Gasteiger partial charge in [-0.05, 0) is 19.4 Å². The molecule has 0 aromatic carbocycles. The molecule has 1 saturated heterocycles. The molecule has 0 bridgehead atoms. The van der Waals surface area contributed by atoms with Gasteiger partial charge in [0.1, 0.15) is 6.54 Å². The van der Waals surface area contributed by atoms with Crippen LogP contribution >= 0.6 is 0 Å². The van der Waals surface area contributed by atoms with Crippen molar-refractivity contribution in [2.24, 2.45) is 0 Å². The zero-order valence-electron chi connectivity index (χ0n) is 9.83. The normalized spacial score (nSPS) is 21.3. The van der Waals surface area contributed by atoms with Gasteiger partial charge in [0.2, 0.25) is 0 Å². The van der Waals surface area contributed by atoms with Gasteiger partial charge in [-0.3, -0.25) is 4.79 Å². The van der Waals surface area contributed by atoms with Gasteiger partial charge in [-0.1, -0.05) is 6.58 Å². The first-order valence-corrected chi connectivity index (χ1v) is 5.73. The summed E-state index contributed by atoms with van der Waals surface area (Å²) in [6.07, 6.45) is 1.56. The molecule has 0 aliphatic carbocycles. The summed E-state index contributed by atoms with van der Waals surface area (Å²) in [5, 5.41) is 9.82. The van der Waals surface area contributed by atoms with Crippen LogP contribution in [0.4, 0.5) is 0 Å². The fraction of sp³-hybridized carbons (Fsp3) is 0.750. The van der Waals surface area contributed by atoms with Crippen LogP contribution in [0.25, 0.3) is 0 Å². The molecule has 1 N–H and O–H groups in total. The maximum absolute atomic E-state index is 11.5. The summed E-state index contributed by atoms with van der Waals surface area (Å²) >= 11 is 0. The van der Waals surface area contributed by atoms with Crippen LogP contribution in [-0.2, 0) is 4.79 Å². The molecule has 1 aliphatic heterocycles. The second kappa shape index (κ2) is 4.90. The van der Waals surface area contributed by atoms with E-state index in [1.165, 1.54) is 12.8 Å². The number of likely N-dealkylation sites (N-methyl/N-ethyl adjacent to an activating group) is 1. The third kappa shape index (κ3) is 2.89. The lowest BCUT2D eigenvalue weighted by molar-refractivity contribution is -0.916. The summed E-state index contributed by atoms with van der Waals surface area (Å²) in [5.41, 5.74) is 0.455. The van der Waals surface area contributed by atoms with Crippen molar-refractivity contribution in [3.8, 4) is 0 Å². The first kappa shape index (κ1) is 12.4. The Morgan fingerprint density at radius 1 is 1.47 bits per heavy atom. The molecular weight excluding hydrogens is 190 g/mol. The van der Waals surface area contributed by atoms with Gasteiger partial charge >= 0.3 is 0 Å². The molecule has 1 unspecified atom stereocenters. The van der Waals surface area contributed by atoms with E-state index in [0.717, 1.165) is 24.1 Å². The average Bonchev–Trinajstić information content (AvgIpc) is 2.65. The van der Waals surface area contributed by atoms with Gasteiger partial charge in [0, 0.05) is 12.8 Å². The molecule has 1 fully saturated rings. The van der Waals surface area contributed by atoms with E-state index in [0.29, 0.717) is 12.1 Å². The van der Waals surface area contributed by atoms with E-state index in [2.05, 4.69) is 13.5 Å². The number of carbonyl (C=O) groups is 1. The van der Waals surface area contributed by atoms with Crippen LogP contribution in [0.5, 0.6) is 0 Å². The largest absolute Gasteiger partial charge is 0.379 e. The Bertz CT molecular complexity index is 254. The molecule has 0 saturated carbocycles. The number of likely N-dealkylation sites (tertiary alicyclic amines) is 1. The molecule has 86 valence electrons. The van der Waals surface area contributed by atoms with Crippen molar-refractivity contribution in [3.63, 3.8) is 0 Å². The summed E-state index contributed by atoms with van der Waals surface area (Å²) in [6, 6.07) is 0. The molecular formula is C12H22NO2+. The van der Waals surface area contributed by atoms with Crippen LogP contribution in [0.3, 0.4) is 0 Å². The molecule has 0 radical (unpaired) electrons. The summed E-state index contributed by atoms with van der Waals surface area (Å²) in [4.78, 5) is 11.5. The van der Waals surface area contributed by atoms with Gasteiger partial charge < -0.3 is 9.59 Å². The number of hydrogen-bond acceptors (Lipinski definition) is 2. The summed E-state index contributed by atoms with van der Waals surface area (Å²) in [6.45, 7) is 11.1. The molecule has 0 aromatic rings. The molecule has 1 aliphatic rings. The van der Waals surface area contributed by atoms with Crippen LogP contribution in [0.1, 0.15) is 26.7 Å². The Morgan fingerprint density at radius 2 is 2.00 bits per heavy atom. The molecule has 1 atom stereocenters. The van der Waals surface area contributed by atoms with Crippen LogP contribution < -0.4 is 0 Å². The second-order valence-corrected chi connectivity index (χ2v) is 4.66. The van der Waals surface area contributed by atoms with E-state index in [9.17, 15) is 9.90 Å². The predicted octanol–water partition coefficient (Wildman–Crippen LogP) is 1.12. The Hall–Kier alpha value is -0.670. The number of quaternary nitrogens is 1. The monoisotopic (exact) mass is 212 g/mol. The summed E-state index contributed by atoms with van der Waals surface area (Å²) in [7, 11) is 0. The topological polar surface area (TPSA) is 37.3 Å². The highest BCUT2D eigenvalue weighted by Gasteiger charge is 2.34. The first-order chi connectivity index (χ1) is 7.01. The van der Waals surface area contributed by atoms with Crippen LogP contribution in [0.15, 0.2) is 12.2 Å². The number of ketones is 1. The van der Waals surface area contributed by atoms with Gasteiger partial charge in [0.15, 0.2) is 11.9 Å². The van der Waals surface area contributed by atoms with Gasteiger partial charge in [0.05, 0.1) is 19.6 Å². The molecule has 1 heterocycles. The number of carbonyl (C=O) groups excluding carboxylic acids is 1. The fourth-order valence-electron chi connectivity index (χ4n) is 2.37. The minimum atomic E-state index is -0.861. The van der Waals surface area contributed by atoms with Crippen molar-refractivity contribution in [3.05, 3.63) is 12.2 Å². The molecule has 0 amide bonds. The quantitative estimate of drug-likeness (QED) is 0.548. The molecule has 0 spiro atoms. The minimum Gasteiger partial charge on any atom is -0.379 e. The summed E-state index contributed by atoms with van der Waals surface area (Å²) < 4.78 is 0.889. The Labute approximate surface area is 92.0 Å². The van der Waals surface area contributed by atoms with Crippen molar-refractivity contribution in [2.45, 2.75) is 32.8 Å². The number of hydrogen-bond donors (Lipinski definition) is 1. The van der Waals surface area contributed by atoms with E-state index < -0.39 is 6.10 Å². The first-order valence-electron chi connectivity index (χ1n) is 5.73. The van der Waals surface area contributed by atoms with E-state index in [1.54, 1.807) is 6.92 Å². The average molecular weight is 212 g/mol. The molecule has 0 aromatic heterocycles. The fourth-order valence-corrected chi connectivity index (χ4v) is 2.37. The lowest BCUT2D eigenvalue weighted by atomic mass is 10.1. The Morgan fingerprint density at radius 3 is 2.40 bits per heavy atom. The lowest BCUT2D eigenvalue weighted by Crippen LogP contribution is -2.51. The number of nitrogens with zero attached hydrogens (tertiary/aromatic N) is 1. The molecule has 3 heteroatoms. The number of aliphatic hydroxyl groups is 1. The highest BCUT2D eigenvalue weighted by Crippen LogP contribution is 2.20. The Kier molecular flexibility index (Phi) is 4.05. The lowest BCUT2D eigenvalue weighted by Gasteiger charge is -2.34. The van der Waals surface area contributed by atoms with Crippen LogP contribution in [0.2, 0.25) is 0 Å². The Balaban J connectivity index is 2.59. The third-order valence-corrected chi connectivity index (χ3v) is 3.47. The van der Waals surface area contributed by atoms with Gasteiger partial charge in [-0.25, -0.2) is 0 Å². The third-order valence-electron chi connectivity index (χ3n) is 3.47. The zero-order valence-corrected chi connectivity index (χ0v) is 9.83. The zero-order chi connectivity index (χ0) is 11.5. The van der Waals surface area contributed by atoms with Crippen molar-refractivity contribution < 1.29 is 14.4 Å². The van der Waals surface area contributed by atoms with Gasteiger partial charge in [-0.15, -0.1) is 0 Å². The van der Waals surface area contributed by atoms with Crippen LogP contribution in [-0.4, -0.2) is 47.7 Å². The van der Waals surface area contributed by atoms with Gasteiger partial charge in [0.25, 0.3) is 0 Å². The molecule has 15 heavy (non-hydrogen) atoms. The highest BCUT2D eigenvalue weighted by molar-refractivity contribution is 5.97. The smallest absolute Gasteiger partial charge is 0.192 e. The number of aliphatic hydroxyl groups excluding tert-OH is 1. The van der Waals surface area contributed by atoms with Crippen molar-refractivity contribution in [1.29, 1.82) is 0 Å².